The fourth-order valence-electron chi connectivity index (χ4n) is 5.29. The molecule has 0 spiro atoms. The summed E-state index contributed by atoms with van der Waals surface area (Å²) in [6.45, 7) is 9.82. The molecule has 0 aromatic carbocycles. The standard InChI is InChI=1S/C28H45N3O6/c1-5-26(34)36-18-20-16-31(15-14-30(20)17-24(32)28(2,3)4)25(33)12-13-29-27(35)37-19-23-21-10-8-6-7-9-11-22(21)23/h6-7,20-23H,5,8-19H2,1-4H3,(H,29,35)/b7-6-/t20?,21-,22+,23?. The van der Waals surface area contributed by atoms with E-state index in [0.717, 1.165) is 12.8 Å². The largest absolute Gasteiger partial charge is 0.464 e. The molecule has 1 saturated heterocycles. The Hall–Kier alpha value is -2.42. The Kier molecular flexibility index (Phi) is 10.6. The molecule has 0 radical (unpaired) electrons. The predicted octanol–water partition coefficient (Wildman–Crippen LogP) is 3.18. The zero-order valence-electron chi connectivity index (χ0n) is 23.0. The van der Waals surface area contributed by atoms with Crippen LogP contribution in [0.1, 0.15) is 66.2 Å². The van der Waals surface area contributed by atoms with Crippen LogP contribution in [-0.2, 0) is 23.9 Å². The first-order chi connectivity index (χ1) is 17.6. The molecule has 4 atom stereocenters. The molecule has 1 N–H and O–H groups in total. The van der Waals surface area contributed by atoms with Gasteiger partial charge in [-0.05, 0) is 43.4 Å². The molecule has 3 rings (SSSR count). The highest BCUT2D eigenvalue weighted by Crippen LogP contribution is 2.52. The van der Waals surface area contributed by atoms with Crippen molar-refractivity contribution in [2.24, 2.45) is 23.2 Å². The number of esters is 1. The van der Waals surface area contributed by atoms with Gasteiger partial charge in [-0.2, -0.15) is 0 Å². The van der Waals surface area contributed by atoms with Gasteiger partial charge in [-0.15, -0.1) is 0 Å². The van der Waals surface area contributed by atoms with E-state index in [0.29, 0.717) is 44.0 Å². The number of carbonyl (C=O) groups excluding carboxylic acids is 4. The van der Waals surface area contributed by atoms with Crippen molar-refractivity contribution in [2.75, 3.05) is 45.9 Å². The van der Waals surface area contributed by atoms with E-state index in [-0.39, 0.29) is 56.2 Å². The first-order valence-corrected chi connectivity index (χ1v) is 13.9. The molecule has 2 aliphatic carbocycles. The number of carbonyl (C=O) groups is 4. The number of nitrogens with zero attached hydrogens (tertiary/aromatic N) is 2. The van der Waals surface area contributed by atoms with Gasteiger partial charge in [-0.1, -0.05) is 39.8 Å². The van der Waals surface area contributed by atoms with Crippen molar-refractivity contribution in [2.45, 2.75) is 72.3 Å². The summed E-state index contributed by atoms with van der Waals surface area (Å²) < 4.78 is 10.8. The van der Waals surface area contributed by atoms with Gasteiger partial charge in [0.15, 0.2) is 5.78 Å². The third kappa shape index (κ3) is 8.83. The fraction of sp³-hybridized carbons (Fsp3) is 0.786. The minimum atomic E-state index is -0.472. The molecule has 1 saturated carbocycles. The van der Waals surface area contributed by atoms with Crippen molar-refractivity contribution in [1.82, 2.24) is 15.1 Å². The molecule has 9 nitrogen and oxygen atoms in total. The minimum Gasteiger partial charge on any atom is -0.464 e. The summed E-state index contributed by atoms with van der Waals surface area (Å²) in [5.41, 5.74) is -0.467. The molecule has 0 aromatic heterocycles. The molecule has 9 heteroatoms. The molecular formula is C28H45N3O6. The van der Waals surface area contributed by atoms with Crippen LogP contribution in [0.25, 0.3) is 0 Å². The van der Waals surface area contributed by atoms with Gasteiger partial charge >= 0.3 is 12.1 Å². The van der Waals surface area contributed by atoms with Crippen molar-refractivity contribution >= 4 is 23.8 Å². The summed E-state index contributed by atoms with van der Waals surface area (Å²) in [6, 6.07) is -0.247. The maximum absolute atomic E-state index is 12.9. The van der Waals surface area contributed by atoms with Crippen molar-refractivity contribution in [3.8, 4) is 0 Å². The van der Waals surface area contributed by atoms with Crippen molar-refractivity contribution in [3.63, 3.8) is 0 Å². The van der Waals surface area contributed by atoms with Crippen LogP contribution in [0.2, 0.25) is 0 Å². The van der Waals surface area contributed by atoms with Crippen LogP contribution in [0.5, 0.6) is 0 Å². The lowest BCUT2D eigenvalue weighted by molar-refractivity contribution is -0.147. The maximum atomic E-state index is 12.9. The number of alkyl carbamates (subject to hydrolysis) is 1. The summed E-state index contributed by atoms with van der Waals surface area (Å²) in [5.74, 6) is 1.52. The number of fused-ring (bicyclic) bond motifs is 1. The molecule has 0 aromatic rings. The maximum Gasteiger partial charge on any atom is 0.407 e. The second-order valence-corrected chi connectivity index (χ2v) is 11.6. The first-order valence-electron chi connectivity index (χ1n) is 13.9. The van der Waals surface area contributed by atoms with E-state index in [1.54, 1.807) is 11.8 Å². The average molecular weight is 520 g/mol. The smallest absolute Gasteiger partial charge is 0.407 e. The number of ether oxygens (including phenoxy) is 2. The second-order valence-electron chi connectivity index (χ2n) is 11.6. The van der Waals surface area contributed by atoms with Crippen molar-refractivity contribution in [1.29, 1.82) is 0 Å². The van der Waals surface area contributed by atoms with Crippen LogP contribution in [0.15, 0.2) is 12.2 Å². The summed E-state index contributed by atoms with van der Waals surface area (Å²) in [6.07, 6.45) is 9.02. The minimum absolute atomic E-state index is 0.0814. The molecule has 208 valence electrons. The molecule has 37 heavy (non-hydrogen) atoms. The molecule has 1 heterocycles. The van der Waals surface area contributed by atoms with E-state index < -0.39 is 11.5 Å². The normalized spacial score (nSPS) is 26.8. The topological polar surface area (TPSA) is 105 Å². The van der Waals surface area contributed by atoms with Crippen LogP contribution in [0.4, 0.5) is 4.79 Å². The predicted molar refractivity (Wildman–Crippen MR) is 140 cm³/mol. The van der Waals surface area contributed by atoms with Crippen LogP contribution in [-0.4, -0.2) is 85.5 Å². The third-order valence-electron chi connectivity index (χ3n) is 7.89. The Morgan fingerprint density at radius 3 is 2.27 bits per heavy atom. The molecule has 2 fully saturated rings. The molecule has 2 unspecified atom stereocenters. The lowest BCUT2D eigenvalue weighted by Gasteiger charge is -2.41. The van der Waals surface area contributed by atoms with Gasteiger partial charge in [0.2, 0.25) is 5.91 Å². The van der Waals surface area contributed by atoms with Gasteiger partial charge in [0.05, 0.1) is 19.2 Å². The summed E-state index contributed by atoms with van der Waals surface area (Å²) in [7, 11) is 0. The molecule has 0 bridgehead atoms. The van der Waals surface area contributed by atoms with Gasteiger partial charge in [-0.3, -0.25) is 19.3 Å². The van der Waals surface area contributed by atoms with Crippen LogP contribution in [0, 0.1) is 23.2 Å². The lowest BCUT2D eigenvalue weighted by Crippen LogP contribution is -2.58. The van der Waals surface area contributed by atoms with E-state index in [4.69, 9.17) is 9.47 Å². The van der Waals surface area contributed by atoms with Gasteiger partial charge in [-0.25, -0.2) is 4.79 Å². The Balaban J connectivity index is 1.40. The van der Waals surface area contributed by atoms with E-state index in [1.165, 1.54) is 12.8 Å². The lowest BCUT2D eigenvalue weighted by atomic mass is 9.90. The Morgan fingerprint density at radius 1 is 0.973 bits per heavy atom. The van der Waals surface area contributed by atoms with Crippen molar-refractivity contribution < 1.29 is 28.7 Å². The van der Waals surface area contributed by atoms with Gasteiger partial charge < -0.3 is 19.7 Å². The van der Waals surface area contributed by atoms with Gasteiger partial charge in [0.25, 0.3) is 0 Å². The Labute approximate surface area is 221 Å². The number of piperazine rings is 1. The summed E-state index contributed by atoms with van der Waals surface area (Å²) in [4.78, 5) is 53.1. The highest BCUT2D eigenvalue weighted by atomic mass is 16.5. The van der Waals surface area contributed by atoms with E-state index in [2.05, 4.69) is 17.5 Å². The van der Waals surface area contributed by atoms with Gasteiger partial charge in [0, 0.05) is 44.4 Å². The van der Waals surface area contributed by atoms with Crippen LogP contribution < -0.4 is 5.32 Å². The van der Waals surface area contributed by atoms with Gasteiger partial charge in [0.1, 0.15) is 6.61 Å². The number of rotatable bonds is 10. The SMILES string of the molecule is CCC(=O)OCC1CN(C(=O)CCNC(=O)OCC2[C@H]3CC/C=C\CC[C@@H]23)CCN1CC(=O)C(C)(C)C. The number of ketones is 1. The number of amides is 2. The highest BCUT2D eigenvalue weighted by Gasteiger charge is 2.49. The second kappa shape index (κ2) is 13.4. The molecule has 2 amide bonds. The molecule has 1 aliphatic heterocycles. The first kappa shape index (κ1) is 29.1. The monoisotopic (exact) mass is 519 g/mol. The Morgan fingerprint density at radius 2 is 1.65 bits per heavy atom. The average Bonchev–Trinajstić information content (AvgIpc) is 3.49. The highest BCUT2D eigenvalue weighted by molar-refractivity contribution is 5.85. The Bertz CT molecular complexity index is 835. The van der Waals surface area contributed by atoms with E-state index in [9.17, 15) is 19.2 Å². The molecule has 3 aliphatic rings. The number of nitrogens with one attached hydrogen (secondary N) is 1. The number of allylic oxidation sites excluding steroid dienone is 2. The van der Waals surface area contributed by atoms with Crippen LogP contribution >= 0.6 is 0 Å². The third-order valence-corrected chi connectivity index (χ3v) is 7.89. The zero-order valence-corrected chi connectivity index (χ0v) is 23.0. The van der Waals surface area contributed by atoms with Crippen molar-refractivity contribution in [3.05, 3.63) is 12.2 Å². The number of hydrogen-bond acceptors (Lipinski definition) is 7. The number of Topliss-reactive ketones (excluding diaryl/α,β-unsaturated/α-hetero) is 1. The van der Waals surface area contributed by atoms with Crippen LogP contribution in [0.3, 0.4) is 0 Å². The number of hydrogen-bond donors (Lipinski definition) is 1. The summed E-state index contributed by atoms with van der Waals surface area (Å²) in [5, 5.41) is 2.71. The van der Waals surface area contributed by atoms with E-state index in [1.807, 2.05) is 25.7 Å². The van der Waals surface area contributed by atoms with E-state index >= 15 is 0 Å². The summed E-state index contributed by atoms with van der Waals surface area (Å²) >= 11 is 0. The fourth-order valence-corrected chi connectivity index (χ4v) is 5.29. The molecular weight excluding hydrogens is 474 g/mol. The quantitative estimate of drug-likeness (QED) is 0.349. The zero-order chi connectivity index (χ0) is 27.0.